The summed E-state index contributed by atoms with van der Waals surface area (Å²) in [6.07, 6.45) is 0.250. The number of nitro groups is 1. The monoisotopic (exact) mass is 477 g/mol. The molecule has 2 atom stereocenters. The van der Waals surface area contributed by atoms with E-state index in [9.17, 15) is 14.5 Å². The van der Waals surface area contributed by atoms with Crippen LogP contribution in [0.2, 0.25) is 0 Å². The van der Waals surface area contributed by atoms with Gasteiger partial charge < -0.3 is 26.1 Å². The van der Waals surface area contributed by atoms with Crippen molar-refractivity contribution in [3.63, 3.8) is 0 Å². The molecule has 2 heterocycles. The Morgan fingerprint density at radius 2 is 1.44 bits per heavy atom. The third-order valence-electron chi connectivity index (χ3n) is 5.36. The lowest BCUT2D eigenvalue weighted by molar-refractivity contribution is -0.384. The van der Waals surface area contributed by atoms with Gasteiger partial charge in [0, 0.05) is 32.2 Å². The first-order chi connectivity index (χ1) is 16.4. The summed E-state index contributed by atoms with van der Waals surface area (Å²) < 4.78 is 13.2. The molecule has 4 N–H and O–H groups in total. The molecule has 0 bridgehead atoms. The minimum absolute atomic E-state index is 0.138. The van der Waals surface area contributed by atoms with Crippen molar-refractivity contribution in [1.29, 1.82) is 0 Å². The van der Waals surface area contributed by atoms with Crippen molar-refractivity contribution in [1.82, 2.24) is 4.90 Å². The number of primary amides is 1. The molecule has 1 amide bonds. The van der Waals surface area contributed by atoms with Crippen molar-refractivity contribution in [2.45, 2.75) is 13.8 Å². The maximum absolute atomic E-state index is 13.2. The molecule has 0 aromatic heterocycles. The summed E-state index contributed by atoms with van der Waals surface area (Å²) in [6.45, 7) is 9.80. The van der Waals surface area contributed by atoms with Gasteiger partial charge in [0.25, 0.3) is 5.69 Å². The standard InChI is InChI=1S/C19H20FN3O2.C2H6.CH3NO.CH5N.CH2O/c1-21-9-15-11-22(12-16(15)10-21)19-8-14(4-7-18(19)23(24)25)13-2-5-17(20)6-3-13;1-2;2-1-3;2*1-2/h2-8,15-16H,9-12H2,1H3;1-2H3;1H,(H2,2,3);2H2,1H3;1H2. The van der Waals surface area contributed by atoms with Crippen molar-refractivity contribution in [3.05, 3.63) is 58.4 Å². The Bertz CT molecular complexity index is 868. The molecule has 188 valence electrons. The van der Waals surface area contributed by atoms with E-state index in [-0.39, 0.29) is 22.8 Å². The van der Waals surface area contributed by atoms with E-state index < -0.39 is 0 Å². The van der Waals surface area contributed by atoms with Crippen LogP contribution in [0.25, 0.3) is 11.1 Å². The number of halogens is 1. The summed E-state index contributed by atoms with van der Waals surface area (Å²) in [5.74, 6) is 0.848. The first kappa shape index (κ1) is 30.6. The summed E-state index contributed by atoms with van der Waals surface area (Å²) in [7, 11) is 3.63. The van der Waals surface area contributed by atoms with Crippen LogP contribution in [0.1, 0.15) is 13.8 Å². The van der Waals surface area contributed by atoms with Crippen LogP contribution < -0.4 is 16.4 Å². The highest BCUT2D eigenvalue weighted by Crippen LogP contribution is 2.39. The molecule has 2 fully saturated rings. The number of rotatable bonds is 3. The highest BCUT2D eigenvalue weighted by molar-refractivity contribution is 5.75. The number of hydrogen-bond acceptors (Lipinski definition) is 7. The fraction of sp³-hybridized carbons (Fsp3) is 0.417. The second kappa shape index (κ2) is 16.3. The fourth-order valence-electron chi connectivity index (χ4n) is 4.18. The zero-order valence-corrected chi connectivity index (χ0v) is 20.3. The van der Waals surface area contributed by atoms with Crippen LogP contribution in [0.5, 0.6) is 0 Å². The van der Waals surface area contributed by atoms with Gasteiger partial charge in [0.05, 0.1) is 4.92 Å². The molecular formula is C24H36FN5O4. The number of carbonyl (C=O) groups is 2. The van der Waals surface area contributed by atoms with Crippen molar-refractivity contribution in [3.8, 4) is 11.1 Å². The Kier molecular flexibility index (Phi) is 14.7. The number of likely N-dealkylation sites (tertiary alicyclic amines) is 1. The van der Waals surface area contributed by atoms with Crippen molar-refractivity contribution in [2.75, 3.05) is 45.2 Å². The Morgan fingerprint density at radius 1 is 1.00 bits per heavy atom. The summed E-state index contributed by atoms with van der Waals surface area (Å²) in [5.41, 5.74) is 11.2. The molecule has 2 aliphatic rings. The van der Waals surface area contributed by atoms with Gasteiger partial charge in [0.15, 0.2) is 0 Å². The second-order valence-corrected chi connectivity index (χ2v) is 7.25. The molecule has 2 aromatic carbocycles. The quantitative estimate of drug-likeness (QED) is 0.394. The van der Waals surface area contributed by atoms with E-state index in [1.54, 1.807) is 24.3 Å². The Balaban J connectivity index is 0.00000108. The first-order valence-corrected chi connectivity index (χ1v) is 10.9. The molecule has 2 aliphatic heterocycles. The summed E-state index contributed by atoms with van der Waals surface area (Å²) in [6, 6.07) is 11.4. The number of nitro benzene ring substituents is 1. The first-order valence-electron chi connectivity index (χ1n) is 10.9. The number of nitrogens with two attached hydrogens (primary N) is 2. The van der Waals surface area contributed by atoms with Gasteiger partial charge >= 0.3 is 0 Å². The third-order valence-corrected chi connectivity index (χ3v) is 5.36. The molecule has 2 aromatic rings. The number of amides is 1. The van der Waals surface area contributed by atoms with Gasteiger partial charge in [-0.2, -0.15) is 0 Å². The Labute approximate surface area is 200 Å². The average Bonchev–Trinajstić information content (AvgIpc) is 3.41. The zero-order chi connectivity index (χ0) is 26.3. The highest BCUT2D eigenvalue weighted by atomic mass is 19.1. The van der Waals surface area contributed by atoms with Crippen LogP contribution in [-0.2, 0) is 9.59 Å². The third kappa shape index (κ3) is 8.20. The van der Waals surface area contributed by atoms with E-state index in [1.165, 1.54) is 19.2 Å². The van der Waals surface area contributed by atoms with Gasteiger partial charge in [-0.1, -0.05) is 26.0 Å². The smallest absolute Gasteiger partial charge is 0.292 e. The van der Waals surface area contributed by atoms with Crippen LogP contribution in [0.15, 0.2) is 42.5 Å². The molecule has 2 saturated heterocycles. The van der Waals surface area contributed by atoms with Gasteiger partial charge in [-0.05, 0) is 61.3 Å². The lowest BCUT2D eigenvalue weighted by Crippen LogP contribution is -2.27. The van der Waals surface area contributed by atoms with E-state index >= 15 is 0 Å². The molecule has 9 nitrogen and oxygen atoms in total. The van der Waals surface area contributed by atoms with E-state index in [1.807, 2.05) is 26.7 Å². The molecule has 0 spiro atoms. The predicted octanol–water partition coefficient (Wildman–Crippen LogP) is 2.92. The Morgan fingerprint density at radius 3 is 1.88 bits per heavy atom. The predicted molar refractivity (Wildman–Crippen MR) is 134 cm³/mol. The molecule has 34 heavy (non-hydrogen) atoms. The van der Waals surface area contributed by atoms with Crippen LogP contribution in [0.4, 0.5) is 15.8 Å². The average molecular weight is 478 g/mol. The van der Waals surface area contributed by atoms with Crippen LogP contribution >= 0.6 is 0 Å². The van der Waals surface area contributed by atoms with E-state index in [0.29, 0.717) is 17.5 Å². The Hall–Kier alpha value is -3.37. The highest BCUT2D eigenvalue weighted by Gasteiger charge is 2.40. The molecule has 0 saturated carbocycles. The number of carbonyl (C=O) groups excluding carboxylic acids is 2. The van der Waals surface area contributed by atoms with Gasteiger partial charge in [-0.15, -0.1) is 0 Å². The molecule has 0 aliphatic carbocycles. The van der Waals surface area contributed by atoms with Crippen LogP contribution in [0.3, 0.4) is 0 Å². The van der Waals surface area contributed by atoms with Crippen molar-refractivity contribution < 1.29 is 18.9 Å². The SMILES string of the molecule is C=O.CC.CN.CN1CC2CN(c3cc(-c4ccc(F)cc4)ccc3[N+](=O)[O-])CC2C1.NC=O. The fourth-order valence-corrected chi connectivity index (χ4v) is 4.18. The summed E-state index contributed by atoms with van der Waals surface area (Å²) in [4.78, 5) is 32.2. The maximum atomic E-state index is 13.2. The molecule has 4 rings (SSSR count). The number of fused-ring (bicyclic) bond motifs is 1. The number of benzene rings is 2. The van der Waals surface area contributed by atoms with Crippen molar-refractivity contribution in [2.24, 2.45) is 23.3 Å². The lowest BCUT2D eigenvalue weighted by Gasteiger charge is -2.22. The van der Waals surface area contributed by atoms with Gasteiger partial charge in [0.1, 0.15) is 18.3 Å². The minimum Gasteiger partial charge on any atom is -0.372 e. The maximum Gasteiger partial charge on any atom is 0.292 e. The van der Waals surface area contributed by atoms with Gasteiger partial charge in [-0.25, -0.2) is 4.39 Å². The van der Waals surface area contributed by atoms with Crippen molar-refractivity contribution >= 4 is 24.6 Å². The van der Waals surface area contributed by atoms with Gasteiger partial charge in [0.2, 0.25) is 6.41 Å². The number of nitrogens with zero attached hydrogens (tertiary/aromatic N) is 3. The largest absolute Gasteiger partial charge is 0.372 e. The van der Waals surface area contributed by atoms with Crippen LogP contribution in [-0.4, -0.2) is 63.3 Å². The molecule has 0 radical (unpaired) electrons. The second-order valence-electron chi connectivity index (χ2n) is 7.25. The topological polar surface area (TPSA) is 136 Å². The van der Waals surface area contributed by atoms with Crippen LogP contribution in [0, 0.1) is 27.8 Å². The normalized spacial score (nSPS) is 17.8. The van der Waals surface area contributed by atoms with E-state index in [0.717, 1.165) is 37.3 Å². The number of anilines is 1. The van der Waals surface area contributed by atoms with Gasteiger partial charge in [-0.3, -0.25) is 14.9 Å². The molecular weight excluding hydrogens is 441 g/mol. The number of hydrogen-bond donors (Lipinski definition) is 2. The molecule has 10 heteroatoms. The zero-order valence-electron chi connectivity index (χ0n) is 20.3. The minimum atomic E-state index is -0.315. The summed E-state index contributed by atoms with van der Waals surface area (Å²) >= 11 is 0. The summed E-state index contributed by atoms with van der Waals surface area (Å²) in [5, 5.41) is 11.5. The van der Waals surface area contributed by atoms with E-state index in [2.05, 4.69) is 28.3 Å². The molecule has 2 unspecified atom stereocenters. The lowest BCUT2D eigenvalue weighted by atomic mass is 10.0. The van der Waals surface area contributed by atoms with E-state index in [4.69, 9.17) is 9.59 Å².